The maximum Gasteiger partial charge on any atom is 0.143 e. The van der Waals surface area contributed by atoms with Crippen LogP contribution in [-0.2, 0) is 0 Å². The minimum absolute atomic E-state index is 0.127. The van der Waals surface area contributed by atoms with Crippen LogP contribution in [0.15, 0.2) is 34.0 Å². The van der Waals surface area contributed by atoms with Crippen molar-refractivity contribution < 1.29 is 0 Å². The van der Waals surface area contributed by atoms with Crippen molar-refractivity contribution in [3.8, 4) is 0 Å². The summed E-state index contributed by atoms with van der Waals surface area (Å²) in [7, 11) is 0. The number of hydrogen-bond acceptors (Lipinski definition) is 3. The van der Waals surface area contributed by atoms with Gasteiger partial charge in [-0.2, -0.15) is 0 Å². The first kappa shape index (κ1) is 10.3. The number of nitrogens with one attached hydrogen (secondary N) is 1. The Morgan fingerprint density at radius 3 is 2.50 bits per heavy atom. The van der Waals surface area contributed by atoms with Crippen molar-refractivity contribution in [1.82, 2.24) is 0 Å². The lowest BCUT2D eigenvalue weighted by Crippen LogP contribution is -2.12. The van der Waals surface area contributed by atoms with E-state index in [1.165, 1.54) is 12.3 Å². The number of rotatable bonds is 4. The number of nitrogens with two attached hydrogens (primary N) is 1. The SMILES string of the molecule is C=C/C=N\C(C(=N)N)=C(/C)N=C. The van der Waals surface area contributed by atoms with E-state index in [2.05, 4.69) is 23.3 Å². The molecule has 0 aliphatic heterocycles. The normalized spacial score (nSPS) is 12.4. The first-order chi connectivity index (χ1) is 5.63. The van der Waals surface area contributed by atoms with Gasteiger partial charge in [0.05, 0.1) is 5.70 Å². The highest BCUT2D eigenvalue weighted by molar-refractivity contribution is 5.96. The molecule has 4 heteroatoms. The summed E-state index contributed by atoms with van der Waals surface area (Å²) < 4.78 is 0. The van der Waals surface area contributed by atoms with Crippen molar-refractivity contribution in [2.45, 2.75) is 6.92 Å². The predicted octanol–water partition coefficient (Wildman–Crippen LogP) is 1.11. The quantitative estimate of drug-likeness (QED) is 0.474. The molecule has 0 unspecified atom stereocenters. The molecule has 0 saturated heterocycles. The minimum atomic E-state index is -0.127. The fourth-order valence-electron chi connectivity index (χ4n) is 0.560. The molecule has 0 bridgehead atoms. The van der Waals surface area contributed by atoms with Gasteiger partial charge < -0.3 is 5.73 Å². The molecule has 0 atom stereocenters. The zero-order valence-corrected chi connectivity index (χ0v) is 7.04. The van der Waals surface area contributed by atoms with Crippen LogP contribution < -0.4 is 5.73 Å². The van der Waals surface area contributed by atoms with Crippen LogP contribution in [0.25, 0.3) is 0 Å². The molecule has 0 spiro atoms. The van der Waals surface area contributed by atoms with Crippen molar-refractivity contribution in [3.63, 3.8) is 0 Å². The molecule has 3 N–H and O–H groups in total. The number of nitrogens with zero attached hydrogens (tertiary/aromatic N) is 2. The Balaban J connectivity index is 4.90. The van der Waals surface area contributed by atoms with Gasteiger partial charge in [-0.15, -0.1) is 0 Å². The van der Waals surface area contributed by atoms with E-state index in [1.54, 1.807) is 6.92 Å². The van der Waals surface area contributed by atoms with E-state index in [0.717, 1.165) is 0 Å². The Kier molecular flexibility index (Phi) is 4.30. The molecule has 0 amide bonds. The molecule has 4 nitrogen and oxygen atoms in total. The summed E-state index contributed by atoms with van der Waals surface area (Å²) in [6, 6.07) is 0. The molecule has 0 fully saturated rings. The maximum atomic E-state index is 7.15. The number of amidine groups is 1. The van der Waals surface area contributed by atoms with Gasteiger partial charge in [-0.3, -0.25) is 15.4 Å². The van der Waals surface area contributed by atoms with Gasteiger partial charge >= 0.3 is 0 Å². The predicted molar refractivity (Wildman–Crippen MR) is 52.9 cm³/mol. The summed E-state index contributed by atoms with van der Waals surface area (Å²) in [6.45, 7) is 8.44. The first-order valence-corrected chi connectivity index (χ1v) is 3.30. The van der Waals surface area contributed by atoms with Gasteiger partial charge in [-0.25, -0.2) is 0 Å². The van der Waals surface area contributed by atoms with Crippen LogP contribution in [0.1, 0.15) is 6.92 Å². The zero-order valence-electron chi connectivity index (χ0n) is 7.04. The van der Waals surface area contributed by atoms with E-state index >= 15 is 0 Å². The molecule has 0 heterocycles. The maximum absolute atomic E-state index is 7.15. The van der Waals surface area contributed by atoms with Crippen LogP contribution in [-0.4, -0.2) is 18.8 Å². The van der Waals surface area contributed by atoms with E-state index in [9.17, 15) is 0 Å². The Morgan fingerprint density at radius 1 is 1.58 bits per heavy atom. The van der Waals surface area contributed by atoms with E-state index < -0.39 is 0 Å². The summed E-state index contributed by atoms with van der Waals surface area (Å²) in [4.78, 5) is 7.49. The zero-order chi connectivity index (χ0) is 9.56. The van der Waals surface area contributed by atoms with E-state index in [1.807, 2.05) is 0 Å². The summed E-state index contributed by atoms with van der Waals surface area (Å²) in [6.07, 6.45) is 2.95. The van der Waals surface area contributed by atoms with E-state index in [0.29, 0.717) is 11.4 Å². The standard InChI is InChI=1S/C8H12N4/c1-4-5-12-7(8(9)10)6(2)11-3/h4-5H,1,3H2,2H3,(H3,9,10)/b7-6+,12-5-. The second-order valence-corrected chi connectivity index (χ2v) is 2.02. The molecule has 0 saturated carbocycles. The molecule has 64 valence electrons. The lowest BCUT2D eigenvalue weighted by Gasteiger charge is -1.99. The van der Waals surface area contributed by atoms with Crippen molar-refractivity contribution in [2.24, 2.45) is 15.7 Å². The minimum Gasteiger partial charge on any atom is -0.382 e. The van der Waals surface area contributed by atoms with Gasteiger partial charge in [0.1, 0.15) is 11.5 Å². The summed E-state index contributed by atoms with van der Waals surface area (Å²) in [5.41, 5.74) is 6.10. The van der Waals surface area contributed by atoms with Crippen LogP contribution >= 0.6 is 0 Å². The molecule has 0 aromatic heterocycles. The lowest BCUT2D eigenvalue weighted by atomic mass is 10.3. The highest BCUT2D eigenvalue weighted by atomic mass is 14.9. The summed E-state index contributed by atoms with van der Waals surface area (Å²) >= 11 is 0. The van der Waals surface area contributed by atoms with Gasteiger partial charge in [0.15, 0.2) is 0 Å². The summed E-state index contributed by atoms with van der Waals surface area (Å²) in [5, 5.41) is 7.15. The average molecular weight is 164 g/mol. The van der Waals surface area contributed by atoms with Crippen LogP contribution in [0, 0.1) is 5.41 Å². The molecule has 0 aromatic rings. The molecular weight excluding hydrogens is 152 g/mol. The van der Waals surface area contributed by atoms with Crippen molar-refractivity contribution in [1.29, 1.82) is 5.41 Å². The van der Waals surface area contributed by atoms with Gasteiger partial charge in [-0.05, 0) is 13.6 Å². The molecule has 0 radical (unpaired) electrons. The molecular formula is C8H12N4. The first-order valence-electron chi connectivity index (χ1n) is 3.30. The second kappa shape index (κ2) is 5.01. The van der Waals surface area contributed by atoms with Crippen LogP contribution in [0.5, 0.6) is 0 Å². The Bertz CT molecular complexity index is 260. The van der Waals surface area contributed by atoms with Crippen molar-refractivity contribution in [2.75, 3.05) is 0 Å². The number of hydrogen-bond donors (Lipinski definition) is 2. The third kappa shape index (κ3) is 2.92. The number of allylic oxidation sites excluding steroid dienone is 2. The second-order valence-electron chi connectivity index (χ2n) is 2.02. The monoisotopic (exact) mass is 164 g/mol. The molecule has 0 aromatic carbocycles. The smallest absolute Gasteiger partial charge is 0.143 e. The van der Waals surface area contributed by atoms with Crippen LogP contribution in [0.4, 0.5) is 0 Å². The van der Waals surface area contributed by atoms with E-state index in [4.69, 9.17) is 11.1 Å². The Labute approximate surface area is 71.7 Å². The highest BCUT2D eigenvalue weighted by Crippen LogP contribution is 2.04. The average Bonchev–Trinajstić information content (AvgIpc) is 2.04. The Hall–Kier alpha value is -1.71. The topological polar surface area (TPSA) is 74.6 Å². The summed E-state index contributed by atoms with van der Waals surface area (Å²) in [5.74, 6) is -0.127. The van der Waals surface area contributed by atoms with Gasteiger partial charge in [0, 0.05) is 6.21 Å². The van der Waals surface area contributed by atoms with Crippen LogP contribution in [0.2, 0.25) is 0 Å². The van der Waals surface area contributed by atoms with E-state index in [-0.39, 0.29) is 5.84 Å². The molecule has 0 rings (SSSR count). The van der Waals surface area contributed by atoms with Crippen LogP contribution in [0.3, 0.4) is 0 Å². The lowest BCUT2D eigenvalue weighted by molar-refractivity contribution is 1.22. The Morgan fingerprint density at radius 2 is 2.17 bits per heavy atom. The van der Waals surface area contributed by atoms with Gasteiger partial charge in [0.25, 0.3) is 0 Å². The molecule has 0 aliphatic rings. The number of aliphatic imine (C=N–C) groups is 2. The fourth-order valence-corrected chi connectivity index (χ4v) is 0.560. The molecule has 12 heavy (non-hydrogen) atoms. The molecule has 0 aliphatic carbocycles. The third-order valence-corrected chi connectivity index (χ3v) is 1.14. The van der Waals surface area contributed by atoms with Crippen molar-refractivity contribution in [3.05, 3.63) is 24.0 Å². The fraction of sp³-hybridized carbons (Fsp3) is 0.125. The van der Waals surface area contributed by atoms with Gasteiger partial charge in [-0.1, -0.05) is 12.7 Å². The van der Waals surface area contributed by atoms with Crippen molar-refractivity contribution >= 4 is 18.8 Å². The largest absolute Gasteiger partial charge is 0.382 e. The third-order valence-electron chi connectivity index (χ3n) is 1.14. The van der Waals surface area contributed by atoms with Gasteiger partial charge in [0.2, 0.25) is 0 Å². The highest BCUT2D eigenvalue weighted by Gasteiger charge is 2.01.